The summed E-state index contributed by atoms with van der Waals surface area (Å²) in [6.07, 6.45) is 0. The lowest BCUT2D eigenvalue weighted by Crippen LogP contribution is -2.10. The number of hydrogen-bond donors (Lipinski definition) is 0. The molecule has 4 heteroatoms. The maximum atomic E-state index is 11.8. The number of hydrogen-bond acceptors (Lipinski definition) is 4. The fraction of sp³-hybridized carbons (Fsp3) is 0.115. The van der Waals surface area contributed by atoms with E-state index < -0.39 is 0 Å². The van der Waals surface area contributed by atoms with E-state index in [0.717, 1.165) is 39.0 Å². The summed E-state index contributed by atoms with van der Waals surface area (Å²) in [6, 6.07) is 28.2. The summed E-state index contributed by atoms with van der Waals surface area (Å²) in [7, 11) is 5.13. The highest BCUT2D eigenvalue weighted by Gasteiger charge is 2.13. The highest BCUT2D eigenvalue weighted by Crippen LogP contribution is 2.37. The van der Waals surface area contributed by atoms with Gasteiger partial charge in [-0.1, -0.05) is 30.3 Å². The number of carbonyl (C=O) groups is 1. The molecular formula is C26H23NO3. The normalized spacial score (nSPS) is 10.6. The number of anilines is 2. The zero-order valence-electron chi connectivity index (χ0n) is 17.3. The van der Waals surface area contributed by atoms with Gasteiger partial charge in [0.2, 0.25) is 0 Å². The maximum Gasteiger partial charge on any atom is 0.337 e. The van der Waals surface area contributed by atoms with Gasteiger partial charge < -0.3 is 14.4 Å². The van der Waals surface area contributed by atoms with E-state index in [0.29, 0.717) is 5.56 Å². The fourth-order valence-corrected chi connectivity index (χ4v) is 3.61. The molecule has 0 saturated heterocycles. The first-order valence-electron chi connectivity index (χ1n) is 9.70. The molecule has 0 N–H and O–H groups in total. The lowest BCUT2D eigenvalue weighted by atomic mass is 9.98. The van der Waals surface area contributed by atoms with Crippen LogP contribution in [-0.2, 0) is 4.74 Å². The van der Waals surface area contributed by atoms with Gasteiger partial charge in [0.15, 0.2) is 0 Å². The van der Waals surface area contributed by atoms with E-state index in [9.17, 15) is 4.79 Å². The summed E-state index contributed by atoms with van der Waals surface area (Å²) < 4.78 is 10.2. The molecule has 4 nitrogen and oxygen atoms in total. The van der Waals surface area contributed by atoms with Crippen LogP contribution < -0.4 is 9.64 Å². The van der Waals surface area contributed by atoms with E-state index in [-0.39, 0.29) is 5.97 Å². The van der Waals surface area contributed by atoms with Crippen molar-refractivity contribution in [2.45, 2.75) is 0 Å². The Bertz CT molecular complexity index is 1180. The summed E-state index contributed by atoms with van der Waals surface area (Å²) in [5.74, 6) is 0.475. The SMILES string of the molecule is COC(=O)c1ccc(-c2cc(N(C)c3ccccc3)c3ccc(OC)cc3c2)cc1. The molecular weight excluding hydrogens is 374 g/mol. The van der Waals surface area contributed by atoms with Gasteiger partial charge >= 0.3 is 5.97 Å². The van der Waals surface area contributed by atoms with Gasteiger partial charge in [-0.25, -0.2) is 4.79 Å². The Kier molecular flexibility index (Phi) is 5.40. The Hall–Kier alpha value is -3.79. The predicted octanol–water partition coefficient (Wildman–Crippen LogP) is 6.07. The van der Waals surface area contributed by atoms with Crippen molar-refractivity contribution in [1.82, 2.24) is 0 Å². The molecule has 0 bridgehead atoms. The van der Waals surface area contributed by atoms with Crippen LogP contribution in [0.5, 0.6) is 5.75 Å². The van der Waals surface area contributed by atoms with E-state index in [1.165, 1.54) is 7.11 Å². The van der Waals surface area contributed by atoms with Crippen molar-refractivity contribution < 1.29 is 14.3 Å². The number of fused-ring (bicyclic) bond motifs is 1. The zero-order chi connectivity index (χ0) is 21.1. The first-order valence-corrected chi connectivity index (χ1v) is 9.70. The molecule has 4 aromatic carbocycles. The molecule has 30 heavy (non-hydrogen) atoms. The average Bonchev–Trinajstić information content (AvgIpc) is 2.82. The molecule has 0 atom stereocenters. The van der Waals surface area contributed by atoms with Gasteiger partial charge in [0.05, 0.1) is 19.8 Å². The summed E-state index contributed by atoms with van der Waals surface area (Å²) in [5, 5.41) is 2.22. The zero-order valence-corrected chi connectivity index (χ0v) is 17.3. The minimum atomic E-state index is -0.339. The molecule has 0 aliphatic heterocycles. The Morgan fingerprint density at radius 3 is 2.20 bits per heavy atom. The van der Waals surface area contributed by atoms with Crippen molar-refractivity contribution in [2.75, 3.05) is 26.2 Å². The van der Waals surface area contributed by atoms with E-state index in [1.54, 1.807) is 19.2 Å². The quantitative estimate of drug-likeness (QED) is 0.383. The Labute approximate surface area is 176 Å². The lowest BCUT2D eigenvalue weighted by Gasteiger charge is -2.23. The molecule has 0 aliphatic rings. The van der Waals surface area contributed by atoms with E-state index in [2.05, 4.69) is 42.3 Å². The Morgan fingerprint density at radius 1 is 0.800 bits per heavy atom. The van der Waals surface area contributed by atoms with Crippen molar-refractivity contribution in [1.29, 1.82) is 0 Å². The molecule has 0 unspecified atom stereocenters. The van der Waals surface area contributed by atoms with Crippen molar-refractivity contribution in [3.05, 3.63) is 90.5 Å². The summed E-state index contributed by atoms with van der Waals surface area (Å²) in [4.78, 5) is 13.9. The second-order valence-electron chi connectivity index (χ2n) is 7.05. The van der Waals surface area contributed by atoms with Crippen LogP contribution in [0.3, 0.4) is 0 Å². The monoisotopic (exact) mass is 397 g/mol. The van der Waals surface area contributed by atoms with Gasteiger partial charge in [0.1, 0.15) is 5.75 Å². The molecule has 0 fully saturated rings. The van der Waals surface area contributed by atoms with Crippen molar-refractivity contribution in [3.8, 4) is 16.9 Å². The van der Waals surface area contributed by atoms with Gasteiger partial charge in [-0.15, -0.1) is 0 Å². The topological polar surface area (TPSA) is 38.8 Å². The van der Waals surface area contributed by atoms with Crippen molar-refractivity contribution in [2.24, 2.45) is 0 Å². The average molecular weight is 397 g/mol. The molecule has 0 amide bonds. The van der Waals surface area contributed by atoms with Gasteiger partial charge in [0, 0.05) is 23.8 Å². The predicted molar refractivity (Wildman–Crippen MR) is 122 cm³/mol. The summed E-state index contributed by atoms with van der Waals surface area (Å²) in [5.41, 5.74) is 4.81. The number of para-hydroxylation sites is 1. The number of carbonyl (C=O) groups excluding carboxylic acids is 1. The number of ether oxygens (including phenoxy) is 2. The van der Waals surface area contributed by atoms with Crippen LogP contribution in [0, 0.1) is 0 Å². The van der Waals surface area contributed by atoms with Crippen molar-refractivity contribution >= 4 is 28.1 Å². The molecule has 4 rings (SSSR count). The summed E-state index contributed by atoms with van der Waals surface area (Å²) >= 11 is 0. The minimum Gasteiger partial charge on any atom is -0.497 e. The second kappa shape index (κ2) is 8.29. The van der Waals surface area contributed by atoms with Crippen LogP contribution in [0.25, 0.3) is 21.9 Å². The number of esters is 1. The molecule has 0 aliphatic carbocycles. The number of benzene rings is 4. The van der Waals surface area contributed by atoms with Gasteiger partial charge in [-0.05, 0) is 71.1 Å². The molecule has 0 heterocycles. The molecule has 0 saturated carbocycles. The largest absolute Gasteiger partial charge is 0.497 e. The fourth-order valence-electron chi connectivity index (χ4n) is 3.61. The van der Waals surface area contributed by atoms with Gasteiger partial charge in [0.25, 0.3) is 0 Å². The van der Waals surface area contributed by atoms with Crippen LogP contribution in [0.2, 0.25) is 0 Å². The summed E-state index contributed by atoms with van der Waals surface area (Å²) in [6.45, 7) is 0. The van der Waals surface area contributed by atoms with E-state index in [4.69, 9.17) is 9.47 Å². The molecule has 4 aromatic rings. The van der Waals surface area contributed by atoms with Crippen LogP contribution in [0.15, 0.2) is 84.9 Å². The third-order valence-electron chi connectivity index (χ3n) is 5.28. The molecule has 0 spiro atoms. The molecule has 0 radical (unpaired) electrons. The Balaban J connectivity index is 1.87. The second-order valence-corrected chi connectivity index (χ2v) is 7.05. The number of nitrogens with zero attached hydrogens (tertiary/aromatic N) is 1. The standard InChI is InChI=1S/C26H23NO3/c1-27(22-7-5-4-6-8-22)25-17-20(15-21-16-23(29-2)13-14-24(21)25)18-9-11-19(12-10-18)26(28)30-3/h4-17H,1-3H3. The Morgan fingerprint density at radius 2 is 1.53 bits per heavy atom. The minimum absolute atomic E-state index is 0.339. The van der Waals surface area contributed by atoms with Crippen molar-refractivity contribution in [3.63, 3.8) is 0 Å². The first-order chi connectivity index (χ1) is 14.6. The van der Waals surface area contributed by atoms with Crippen LogP contribution in [0.4, 0.5) is 11.4 Å². The highest BCUT2D eigenvalue weighted by molar-refractivity contribution is 6.00. The highest BCUT2D eigenvalue weighted by atomic mass is 16.5. The van der Waals surface area contributed by atoms with E-state index >= 15 is 0 Å². The third-order valence-corrected chi connectivity index (χ3v) is 5.28. The van der Waals surface area contributed by atoms with Crippen LogP contribution >= 0.6 is 0 Å². The van der Waals surface area contributed by atoms with Gasteiger partial charge in [-0.3, -0.25) is 0 Å². The first kappa shape index (κ1) is 19.5. The molecule has 150 valence electrons. The smallest absolute Gasteiger partial charge is 0.337 e. The van der Waals surface area contributed by atoms with E-state index in [1.807, 2.05) is 42.5 Å². The van der Waals surface area contributed by atoms with Crippen LogP contribution in [-0.4, -0.2) is 27.2 Å². The third kappa shape index (κ3) is 3.72. The van der Waals surface area contributed by atoms with Crippen LogP contribution in [0.1, 0.15) is 10.4 Å². The van der Waals surface area contributed by atoms with Gasteiger partial charge in [-0.2, -0.15) is 0 Å². The molecule has 0 aromatic heterocycles. The lowest BCUT2D eigenvalue weighted by molar-refractivity contribution is 0.0601. The number of methoxy groups -OCH3 is 2. The number of rotatable bonds is 5. The maximum absolute atomic E-state index is 11.8.